The summed E-state index contributed by atoms with van der Waals surface area (Å²) in [5.41, 5.74) is 2.81. The number of benzene rings is 1. The number of carbonyl (C=O) groups is 1. The number of hydrogen-bond donors (Lipinski definition) is 2. The van der Waals surface area contributed by atoms with Gasteiger partial charge < -0.3 is 10.6 Å². The number of fused-ring (bicyclic) bond motifs is 1. The molecule has 0 aliphatic heterocycles. The molecule has 2 rings (SSSR count). The standard InChI is InChI=1S/C13H18N2O/c1-2-7-14-13(16)15-9-11-8-10-5-3-4-6-12(10)11/h3-6,11H,2,7-9H2,1H3,(H2,14,15,16). The van der Waals surface area contributed by atoms with Crippen molar-refractivity contribution >= 4 is 6.03 Å². The average molecular weight is 218 g/mol. The Bertz CT molecular complexity index is 376. The van der Waals surface area contributed by atoms with Crippen molar-refractivity contribution in [1.29, 1.82) is 0 Å². The minimum atomic E-state index is -0.0498. The van der Waals surface area contributed by atoms with Gasteiger partial charge in [-0.3, -0.25) is 0 Å². The highest BCUT2D eigenvalue weighted by Gasteiger charge is 2.25. The molecule has 0 fully saturated rings. The molecule has 0 saturated carbocycles. The molecule has 2 amide bonds. The SMILES string of the molecule is CCCNC(=O)NCC1Cc2ccccc21. The second-order valence-electron chi connectivity index (χ2n) is 4.24. The number of urea groups is 1. The number of hydrogen-bond acceptors (Lipinski definition) is 1. The molecular formula is C13H18N2O. The maximum Gasteiger partial charge on any atom is 0.314 e. The molecular weight excluding hydrogens is 200 g/mol. The van der Waals surface area contributed by atoms with Crippen LogP contribution in [0, 0.1) is 0 Å². The summed E-state index contributed by atoms with van der Waals surface area (Å²) in [7, 11) is 0. The summed E-state index contributed by atoms with van der Waals surface area (Å²) >= 11 is 0. The predicted molar refractivity (Wildman–Crippen MR) is 64.6 cm³/mol. The minimum Gasteiger partial charge on any atom is -0.338 e. The molecule has 0 spiro atoms. The Morgan fingerprint density at radius 3 is 2.94 bits per heavy atom. The van der Waals surface area contributed by atoms with E-state index in [0.717, 1.165) is 25.9 Å². The van der Waals surface area contributed by atoms with Crippen molar-refractivity contribution in [3.8, 4) is 0 Å². The molecule has 1 aromatic carbocycles. The number of nitrogens with one attached hydrogen (secondary N) is 2. The second-order valence-corrected chi connectivity index (χ2v) is 4.24. The van der Waals surface area contributed by atoms with Crippen molar-refractivity contribution in [2.45, 2.75) is 25.7 Å². The normalized spacial score (nSPS) is 17.2. The molecule has 1 atom stereocenters. The lowest BCUT2D eigenvalue weighted by Gasteiger charge is -2.30. The van der Waals surface area contributed by atoms with Crippen LogP contribution in [0.3, 0.4) is 0 Å². The summed E-state index contributed by atoms with van der Waals surface area (Å²) in [6, 6.07) is 8.38. The van der Waals surface area contributed by atoms with Crippen molar-refractivity contribution in [1.82, 2.24) is 10.6 Å². The first-order chi connectivity index (χ1) is 7.81. The summed E-state index contributed by atoms with van der Waals surface area (Å²) in [5, 5.41) is 5.72. The molecule has 0 saturated heterocycles. The quantitative estimate of drug-likeness (QED) is 0.797. The Kier molecular flexibility index (Phi) is 3.44. The van der Waals surface area contributed by atoms with Crippen molar-refractivity contribution in [2.75, 3.05) is 13.1 Å². The summed E-state index contributed by atoms with van der Waals surface area (Å²) in [6.45, 7) is 3.53. The van der Waals surface area contributed by atoms with Gasteiger partial charge in [-0.1, -0.05) is 31.2 Å². The zero-order valence-corrected chi connectivity index (χ0v) is 9.62. The maximum absolute atomic E-state index is 11.3. The van der Waals surface area contributed by atoms with Gasteiger partial charge in [0, 0.05) is 19.0 Å². The van der Waals surface area contributed by atoms with Gasteiger partial charge >= 0.3 is 6.03 Å². The Balaban J connectivity index is 1.75. The van der Waals surface area contributed by atoms with E-state index in [0.29, 0.717) is 5.92 Å². The molecule has 0 bridgehead atoms. The second kappa shape index (κ2) is 5.01. The monoisotopic (exact) mass is 218 g/mol. The predicted octanol–water partition coefficient (Wildman–Crippen LogP) is 2.04. The number of carbonyl (C=O) groups excluding carboxylic acids is 1. The summed E-state index contributed by atoms with van der Waals surface area (Å²) < 4.78 is 0. The van der Waals surface area contributed by atoms with Crippen molar-refractivity contribution < 1.29 is 4.79 Å². The molecule has 1 aromatic rings. The molecule has 0 radical (unpaired) electrons. The van der Waals surface area contributed by atoms with E-state index < -0.39 is 0 Å². The van der Waals surface area contributed by atoms with E-state index in [1.54, 1.807) is 0 Å². The largest absolute Gasteiger partial charge is 0.338 e. The average Bonchev–Trinajstić information content (AvgIpc) is 2.27. The van der Waals surface area contributed by atoms with E-state index >= 15 is 0 Å². The van der Waals surface area contributed by atoms with Crippen LogP contribution in [0.1, 0.15) is 30.4 Å². The summed E-state index contributed by atoms with van der Waals surface area (Å²) in [6.07, 6.45) is 2.06. The van der Waals surface area contributed by atoms with E-state index in [9.17, 15) is 4.79 Å². The molecule has 16 heavy (non-hydrogen) atoms. The van der Waals surface area contributed by atoms with E-state index in [2.05, 4.69) is 34.9 Å². The smallest absolute Gasteiger partial charge is 0.314 e. The first-order valence-electron chi connectivity index (χ1n) is 5.90. The van der Waals surface area contributed by atoms with Crippen LogP contribution in [0.5, 0.6) is 0 Å². The third kappa shape index (κ3) is 2.35. The van der Waals surface area contributed by atoms with E-state index in [1.165, 1.54) is 11.1 Å². The van der Waals surface area contributed by atoms with Gasteiger partial charge in [0.2, 0.25) is 0 Å². The van der Waals surface area contributed by atoms with Crippen molar-refractivity contribution in [3.05, 3.63) is 35.4 Å². The molecule has 0 aromatic heterocycles. The minimum absolute atomic E-state index is 0.0498. The van der Waals surface area contributed by atoms with Crippen LogP contribution in [0.15, 0.2) is 24.3 Å². The zero-order chi connectivity index (χ0) is 11.4. The molecule has 0 heterocycles. The third-order valence-corrected chi connectivity index (χ3v) is 3.01. The topological polar surface area (TPSA) is 41.1 Å². The first-order valence-corrected chi connectivity index (χ1v) is 5.90. The van der Waals surface area contributed by atoms with Crippen molar-refractivity contribution in [2.24, 2.45) is 0 Å². The summed E-state index contributed by atoms with van der Waals surface area (Å²) in [5.74, 6) is 0.503. The highest BCUT2D eigenvalue weighted by Crippen LogP contribution is 2.33. The molecule has 1 aliphatic carbocycles. The first kappa shape index (κ1) is 11.0. The lowest BCUT2D eigenvalue weighted by atomic mass is 9.78. The van der Waals surface area contributed by atoms with Gasteiger partial charge in [0.25, 0.3) is 0 Å². The fourth-order valence-electron chi connectivity index (χ4n) is 2.06. The Labute approximate surface area is 96.2 Å². The maximum atomic E-state index is 11.3. The van der Waals surface area contributed by atoms with E-state index in [-0.39, 0.29) is 6.03 Å². The Hall–Kier alpha value is -1.51. The molecule has 86 valence electrons. The van der Waals surface area contributed by atoms with Gasteiger partial charge in [-0.2, -0.15) is 0 Å². The van der Waals surface area contributed by atoms with E-state index in [4.69, 9.17) is 0 Å². The summed E-state index contributed by atoms with van der Waals surface area (Å²) in [4.78, 5) is 11.3. The lowest BCUT2D eigenvalue weighted by molar-refractivity contribution is 0.240. The van der Waals surface area contributed by atoms with Gasteiger partial charge in [0.15, 0.2) is 0 Å². The third-order valence-electron chi connectivity index (χ3n) is 3.01. The lowest BCUT2D eigenvalue weighted by Crippen LogP contribution is -2.40. The molecule has 3 nitrogen and oxygen atoms in total. The van der Waals surface area contributed by atoms with Crippen LogP contribution in [0.25, 0.3) is 0 Å². The Morgan fingerprint density at radius 1 is 1.38 bits per heavy atom. The van der Waals surface area contributed by atoms with Gasteiger partial charge in [-0.15, -0.1) is 0 Å². The highest BCUT2D eigenvalue weighted by molar-refractivity contribution is 5.73. The van der Waals surface area contributed by atoms with Gasteiger partial charge in [0.05, 0.1) is 0 Å². The van der Waals surface area contributed by atoms with Crippen LogP contribution in [-0.2, 0) is 6.42 Å². The zero-order valence-electron chi connectivity index (χ0n) is 9.62. The molecule has 3 heteroatoms. The molecule has 1 unspecified atom stereocenters. The highest BCUT2D eigenvalue weighted by atomic mass is 16.2. The fourth-order valence-corrected chi connectivity index (χ4v) is 2.06. The van der Waals surface area contributed by atoms with Crippen LogP contribution in [-0.4, -0.2) is 19.1 Å². The van der Waals surface area contributed by atoms with E-state index in [1.807, 2.05) is 6.92 Å². The molecule has 1 aliphatic rings. The van der Waals surface area contributed by atoms with Crippen LogP contribution < -0.4 is 10.6 Å². The molecule has 2 N–H and O–H groups in total. The van der Waals surface area contributed by atoms with Crippen LogP contribution >= 0.6 is 0 Å². The van der Waals surface area contributed by atoms with Crippen molar-refractivity contribution in [3.63, 3.8) is 0 Å². The van der Waals surface area contributed by atoms with Crippen LogP contribution in [0.2, 0.25) is 0 Å². The number of rotatable bonds is 4. The fraction of sp³-hybridized carbons (Fsp3) is 0.462. The van der Waals surface area contributed by atoms with Crippen LogP contribution in [0.4, 0.5) is 4.79 Å². The number of amides is 2. The van der Waals surface area contributed by atoms with Gasteiger partial charge in [-0.05, 0) is 24.0 Å². The van der Waals surface area contributed by atoms with Gasteiger partial charge in [0.1, 0.15) is 0 Å². The Morgan fingerprint density at radius 2 is 2.19 bits per heavy atom. The van der Waals surface area contributed by atoms with Gasteiger partial charge in [-0.25, -0.2) is 4.79 Å².